The van der Waals surface area contributed by atoms with Gasteiger partial charge < -0.3 is 0 Å². The summed E-state index contributed by atoms with van der Waals surface area (Å²) in [6, 6.07) is 11.1. The summed E-state index contributed by atoms with van der Waals surface area (Å²) in [5.74, 6) is 0. The first-order valence-electron chi connectivity index (χ1n) is 6.93. The molecule has 0 saturated carbocycles. The first-order chi connectivity index (χ1) is 9.34. The van der Waals surface area contributed by atoms with Gasteiger partial charge in [-0.3, -0.25) is 0 Å². The van der Waals surface area contributed by atoms with Crippen molar-refractivity contribution in [2.45, 2.75) is 25.7 Å². The molecule has 0 atom stereocenters. The number of aryl methyl sites for hydroxylation is 1. The zero-order chi connectivity index (χ0) is 12.8. The summed E-state index contributed by atoms with van der Waals surface area (Å²) < 4.78 is 1.23. The third-order valence-electron chi connectivity index (χ3n) is 4.35. The molecule has 0 radical (unpaired) electrons. The molecule has 0 fully saturated rings. The van der Waals surface area contributed by atoms with Gasteiger partial charge in [-0.25, -0.2) is 0 Å². The van der Waals surface area contributed by atoms with E-state index in [2.05, 4.69) is 58.4 Å². The molecule has 0 aromatic heterocycles. The van der Waals surface area contributed by atoms with Crippen LogP contribution in [0, 0.1) is 0 Å². The van der Waals surface area contributed by atoms with Crippen molar-refractivity contribution in [3.8, 4) is 0 Å². The molecule has 2 aromatic rings. The van der Waals surface area contributed by atoms with Gasteiger partial charge in [0.1, 0.15) is 0 Å². The SMILES string of the molecule is Brc1cccc2ccc3c(c12)CCC1=C3C=CCC1. The zero-order valence-electron chi connectivity index (χ0n) is 10.7. The Labute approximate surface area is 122 Å². The Morgan fingerprint density at radius 1 is 0.947 bits per heavy atom. The molecule has 0 bridgehead atoms. The Bertz CT molecular complexity index is 735. The summed E-state index contributed by atoms with van der Waals surface area (Å²) in [6.45, 7) is 0. The third-order valence-corrected chi connectivity index (χ3v) is 5.01. The fourth-order valence-corrected chi connectivity index (χ4v) is 4.07. The maximum Gasteiger partial charge on any atom is 0.0256 e. The number of rotatable bonds is 0. The highest BCUT2D eigenvalue weighted by molar-refractivity contribution is 9.10. The van der Waals surface area contributed by atoms with E-state index in [1.807, 2.05) is 0 Å². The number of hydrogen-bond donors (Lipinski definition) is 0. The predicted molar refractivity (Wildman–Crippen MR) is 85.3 cm³/mol. The van der Waals surface area contributed by atoms with Gasteiger partial charge in [-0.2, -0.15) is 0 Å². The molecule has 0 nitrogen and oxygen atoms in total. The van der Waals surface area contributed by atoms with E-state index in [-0.39, 0.29) is 0 Å². The Kier molecular flexibility index (Phi) is 2.63. The van der Waals surface area contributed by atoms with E-state index in [1.54, 1.807) is 5.57 Å². The molecule has 0 saturated heterocycles. The second-order valence-electron chi connectivity index (χ2n) is 5.39. The number of fused-ring (bicyclic) bond motifs is 4. The van der Waals surface area contributed by atoms with Gasteiger partial charge in [0.2, 0.25) is 0 Å². The molecular weight excluding hydrogens is 296 g/mol. The van der Waals surface area contributed by atoms with Crippen LogP contribution in [0.1, 0.15) is 30.4 Å². The van der Waals surface area contributed by atoms with Crippen LogP contribution in [0.4, 0.5) is 0 Å². The first kappa shape index (κ1) is 11.5. The van der Waals surface area contributed by atoms with Crippen LogP contribution in [0.25, 0.3) is 16.3 Å². The van der Waals surface area contributed by atoms with Crippen LogP contribution in [0.5, 0.6) is 0 Å². The Morgan fingerprint density at radius 2 is 1.89 bits per heavy atom. The number of allylic oxidation sites excluding steroid dienone is 4. The summed E-state index contributed by atoms with van der Waals surface area (Å²) in [6.07, 6.45) is 9.53. The van der Waals surface area contributed by atoms with E-state index in [9.17, 15) is 0 Å². The summed E-state index contributed by atoms with van der Waals surface area (Å²) in [4.78, 5) is 0. The Morgan fingerprint density at radius 3 is 2.84 bits per heavy atom. The topological polar surface area (TPSA) is 0 Å². The van der Waals surface area contributed by atoms with Crippen LogP contribution in [0.15, 0.2) is 52.5 Å². The molecule has 0 aliphatic heterocycles. The monoisotopic (exact) mass is 310 g/mol. The summed E-state index contributed by atoms with van der Waals surface area (Å²) in [7, 11) is 0. The minimum Gasteiger partial charge on any atom is -0.0836 e. The average molecular weight is 311 g/mol. The van der Waals surface area contributed by atoms with Crippen molar-refractivity contribution in [2.75, 3.05) is 0 Å². The van der Waals surface area contributed by atoms with Gasteiger partial charge in [0.25, 0.3) is 0 Å². The van der Waals surface area contributed by atoms with Crippen molar-refractivity contribution in [1.82, 2.24) is 0 Å². The molecule has 0 spiro atoms. The number of benzene rings is 2. The predicted octanol–water partition coefficient (Wildman–Crippen LogP) is 5.65. The van der Waals surface area contributed by atoms with Crippen molar-refractivity contribution in [1.29, 1.82) is 0 Å². The highest BCUT2D eigenvalue weighted by atomic mass is 79.9. The second-order valence-corrected chi connectivity index (χ2v) is 6.24. The number of halogens is 1. The van der Waals surface area contributed by atoms with Crippen molar-refractivity contribution >= 4 is 32.3 Å². The molecule has 2 aliphatic carbocycles. The van der Waals surface area contributed by atoms with Crippen molar-refractivity contribution in [3.63, 3.8) is 0 Å². The van der Waals surface area contributed by atoms with E-state index >= 15 is 0 Å². The van der Waals surface area contributed by atoms with Gasteiger partial charge in [-0.05, 0) is 59.2 Å². The largest absolute Gasteiger partial charge is 0.0836 e. The van der Waals surface area contributed by atoms with Crippen LogP contribution in [0.2, 0.25) is 0 Å². The van der Waals surface area contributed by atoms with Gasteiger partial charge in [-0.1, -0.05) is 57.9 Å². The maximum absolute atomic E-state index is 3.73. The van der Waals surface area contributed by atoms with Crippen molar-refractivity contribution in [2.24, 2.45) is 0 Å². The Balaban J connectivity index is 2.06. The summed E-state index contributed by atoms with van der Waals surface area (Å²) >= 11 is 3.73. The molecule has 2 aliphatic rings. The fourth-order valence-electron chi connectivity index (χ4n) is 3.45. The van der Waals surface area contributed by atoms with E-state index in [4.69, 9.17) is 0 Å². The van der Waals surface area contributed by atoms with Crippen LogP contribution in [0.3, 0.4) is 0 Å². The number of hydrogen-bond acceptors (Lipinski definition) is 0. The first-order valence-corrected chi connectivity index (χ1v) is 7.73. The zero-order valence-corrected chi connectivity index (χ0v) is 12.3. The molecule has 0 amide bonds. The summed E-state index contributed by atoms with van der Waals surface area (Å²) in [5.41, 5.74) is 6.12. The summed E-state index contributed by atoms with van der Waals surface area (Å²) in [5, 5.41) is 2.75. The molecule has 2 aromatic carbocycles. The molecule has 4 rings (SSSR count). The lowest BCUT2D eigenvalue weighted by atomic mass is 9.79. The minimum absolute atomic E-state index is 1.18. The van der Waals surface area contributed by atoms with Gasteiger partial charge in [-0.15, -0.1) is 0 Å². The van der Waals surface area contributed by atoms with Gasteiger partial charge in [0.15, 0.2) is 0 Å². The lowest BCUT2D eigenvalue weighted by molar-refractivity contribution is 0.831. The fraction of sp³-hybridized carbons (Fsp3) is 0.222. The van der Waals surface area contributed by atoms with Crippen molar-refractivity contribution in [3.05, 3.63) is 63.7 Å². The van der Waals surface area contributed by atoms with E-state index < -0.39 is 0 Å². The Hall–Kier alpha value is -1.34. The van der Waals surface area contributed by atoms with Crippen LogP contribution in [-0.2, 0) is 6.42 Å². The minimum atomic E-state index is 1.18. The third kappa shape index (κ3) is 1.72. The van der Waals surface area contributed by atoms with Gasteiger partial charge >= 0.3 is 0 Å². The van der Waals surface area contributed by atoms with Gasteiger partial charge in [0, 0.05) is 4.47 Å². The van der Waals surface area contributed by atoms with E-state index in [0.29, 0.717) is 0 Å². The normalized spacial score (nSPS) is 17.5. The molecule has 94 valence electrons. The lowest BCUT2D eigenvalue weighted by Gasteiger charge is -2.25. The molecule has 0 heterocycles. The average Bonchev–Trinajstić information content (AvgIpc) is 2.46. The van der Waals surface area contributed by atoms with Crippen LogP contribution >= 0.6 is 15.9 Å². The second kappa shape index (κ2) is 4.35. The van der Waals surface area contributed by atoms with Crippen LogP contribution < -0.4 is 0 Å². The smallest absolute Gasteiger partial charge is 0.0256 e. The van der Waals surface area contributed by atoms with E-state index in [0.717, 1.165) is 0 Å². The highest BCUT2D eigenvalue weighted by Gasteiger charge is 2.21. The molecule has 19 heavy (non-hydrogen) atoms. The molecule has 0 unspecified atom stereocenters. The molecule has 1 heteroatoms. The van der Waals surface area contributed by atoms with E-state index in [1.165, 1.54) is 57.6 Å². The quantitative estimate of drug-likeness (QED) is 0.589. The van der Waals surface area contributed by atoms with Gasteiger partial charge in [0.05, 0.1) is 0 Å². The highest BCUT2D eigenvalue weighted by Crippen LogP contribution is 2.41. The van der Waals surface area contributed by atoms with Crippen molar-refractivity contribution < 1.29 is 0 Å². The molecule has 0 N–H and O–H groups in total. The lowest BCUT2D eigenvalue weighted by Crippen LogP contribution is -2.07. The van der Waals surface area contributed by atoms with Crippen LogP contribution in [-0.4, -0.2) is 0 Å². The molecular formula is C18H15Br. The standard InChI is InChI=1S/C18H15Br/c19-17-7-3-5-13-9-10-15-14-6-2-1-4-12(14)8-11-16(15)18(13)17/h2-3,5-7,9-10H,1,4,8,11H2. The maximum atomic E-state index is 3.73.